The molecule has 7 nitrogen and oxygen atoms in total. The average Bonchev–Trinajstić information content (AvgIpc) is 3.02. The summed E-state index contributed by atoms with van der Waals surface area (Å²) in [7, 11) is 0. The number of nitriles is 1. The molecule has 134 valence electrons. The van der Waals surface area contributed by atoms with E-state index in [1.54, 1.807) is 12.1 Å². The average molecular weight is 369 g/mol. The van der Waals surface area contributed by atoms with E-state index in [1.165, 1.54) is 49.2 Å². The Morgan fingerprint density at radius 3 is 2.62 bits per heavy atom. The van der Waals surface area contributed by atoms with Crippen LogP contribution >= 0.6 is 11.8 Å². The first kappa shape index (κ1) is 18.1. The fourth-order valence-electron chi connectivity index (χ4n) is 3.26. The predicted octanol–water partition coefficient (Wildman–Crippen LogP) is 4.66. The number of non-ortho nitro benzene ring substituents is 1. The van der Waals surface area contributed by atoms with Crippen molar-refractivity contribution in [2.24, 2.45) is 0 Å². The van der Waals surface area contributed by atoms with Crippen molar-refractivity contribution >= 4 is 22.4 Å². The minimum absolute atomic E-state index is 0.0243. The summed E-state index contributed by atoms with van der Waals surface area (Å²) < 4.78 is 2.17. The van der Waals surface area contributed by atoms with Crippen LogP contribution in [0.4, 0.5) is 5.69 Å². The van der Waals surface area contributed by atoms with Gasteiger partial charge in [-0.1, -0.05) is 19.3 Å². The van der Waals surface area contributed by atoms with Crippen LogP contribution in [0.3, 0.4) is 0 Å². The molecule has 0 radical (unpaired) electrons. The van der Waals surface area contributed by atoms with Crippen molar-refractivity contribution in [3.63, 3.8) is 0 Å². The summed E-state index contributed by atoms with van der Waals surface area (Å²) in [5.41, 5.74) is 0.772. The van der Waals surface area contributed by atoms with Crippen molar-refractivity contribution in [1.82, 2.24) is 14.8 Å². The quantitative estimate of drug-likeness (QED) is 0.329. The van der Waals surface area contributed by atoms with Gasteiger partial charge in [0.25, 0.3) is 5.69 Å². The van der Waals surface area contributed by atoms with E-state index >= 15 is 0 Å². The number of benzene rings is 1. The lowest BCUT2D eigenvalue weighted by molar-refractivity contribution is -0.384. The summed E-state index contributed by atoms with van der Waals surface area (Å²) in [5.74, 6) is 0.874. The molecule has 1 heterocycles. The molecular weight excluding hydrogens is 350 g/mol. The standard InChI is InChI=1S/C18H19N5O2S/c1-13-20-21-18(22(13)15-5-3-2-4-6-15)26-17(11-12-19)14-7-9-16(10-8-14)23(24)25/h7-11,15H,2-6H2,1H3/b17-11-. The molecule has 0 spiro atoms. The Labute approximate surface area is 155 Å². The third-order valence-electron chi connectivity index (χ3n) is 4.53. The number of allylic oxidation sites excluding steroid dienone is 1. The third-order valence-corrected chi connectivity index (χ3v) is 5.57. The van der Waals surface area contributed by atoms with Crippen LogP contribution in [0, 0.1) is 28.4 Å². The zero-order valence-electron chi connectivity index (χ0n) is 14.5. The van der Waals surface area contributed by atoms with Gasteiger partial charge in [0.1, 0.15) is 5.82 Å². The molecule has 3 rings (SSSR count). The molecule has 8 heteroatoms. The van der Waals surface area contributed by atoms with E-state index in [9.17, 15) is 10.1 Å². The SMILES string of the molecule is Cc1nnc(S/C(=C\C#N)c2ccc([N+](=O)[O-])cc2)n1C1CCCCC1. The van der Waals surface area contributed by atoms with Crippen LogP contribution in [0.5, 0.6) is 0 Å². The zero-order chi connectivity index (χ0) is 18.5. The second-order valence-corrected chi connectivity index (χ2v) is 7.24. The van der Waals surface area contributed by atoms with Crippen LogP contribution < -0.4 is 0 Å². The van der Waals surface area contributed by atoms with Gasteiger partial charge in [0.05, 0.1) is 11.0 Å². The maximum Gasteiger partial charge on any atom is 0.269 e. The minimum atomic E-state index is -0.437. The molecule has 0 aliphatic heterocycles. The maximum absolute atomic E-state index is 10.8. The largest absolute Gasteiger partial charge is 0.303 e. The summed E-state index contributed by atoms with van der Waals surface area (Å²) >= 11 is 1.38. The minimum Gasteiger partial charge on any atom is -0.303 e. The van der Waals surface area contributed by atoms with E-state index in [0.717, 1.165) is 29.4 Å². The van der Waals surface area contributed by atoms with Gasteiger partial charge < -0.3 is 4.57 Å². The molecule has 1 fully saturated rings. The van der Waals surface area contributed by atoms with Gasteiger partial charge in [-0.3, -0.25) is 10.1 Å². The molecule has 2 aromatic rings. The molecule has 0 bridgehead atoms. The summed E-state index contributed by atoms with van der Waals surface area (Å²) in [4.78, 5) is 11.1. The van der Waals surface area contributed by atoms with E-state index in [-0.39, 0.29) is 5.69 Å². The lowest BCUT2D eigenvalue weighted by Gasteiger charge is -2.25. The highest BCUT2D eigenvalue weighted by Crippen LogP contribution is 2.38. The molecule has 0 atom stereocenters. The van der Waals surface area contributed by atoms with E-state index < -0.39 is 4.92 Å². The summed E-state index contributed by atoms with van der Waals surface area (Å²) in [6.45, 7) is 1.95. The number of rotatable bonds is 5. The number of thioether (sulfide) groups is 1. The number of nitro groups is 1. The van der Waals surface area contributed by atoms with Crippen LogP contribution in [-0.2, 0) is 0 Å². The molecular formula is C18H19N5O2S. The first-order valence-electron chi connectivity index (χ1n) is 8.54. The van der Waals surface area contributed by atoms with Gasteiger partial charge in [0.15, 0.2) is 5.16 Å². The zero-order valence-corrected chi connectivity index (χ0v) is 15.3. The van der Waals surface area contributed by atoms with Crippen molar-refractivity contribution in [1.29, 1.82) is 5.26 Å². The van der Waals surface area contributed by atoms with Crippen molar-refractivity contribution in [2.45, 2.75) is 50.2 Å². The van der Waals surface area contributed by atoms with Crippen molar-refractivity contribution in [3.05, 3.63) is 51.8 Å². The molecule has 1 saturated carbocycles. The number of hydrogen-bond donors (Lipinski definition) is 0. The van der Waals surface area contributed by atoms with Crippen molar-refractivity contribution in [3.8, 4) is 6.07 Å². The monoisotopic (exact) mass is 369 g/mol. The lowest BCUT2D eigenvalue weighted by Crippen LogP contribution is -2.15. The predicted molar refractivity (Wildman–Crippen MR) is 99.4 cm³/mol. The summed E-state index contributed by atoms with van der Waals surface area (Å²) in [6, 6.07) is 8.64. The Kier molecular flexibility index (Phi) is 5.68. The van der Waals surface area contributed by atoms with Gasteiger partial charge in [0, 0.05) is 29.2 Å². The molecule has 0 N–H and O–H groups in total. The van der Waals surface area contributed by atoms with Crippen LogP contribution in [-0.4, -0.2) is 19.7 Å². The third kappa shape index (κ3) is 3.94. The van der Waals surface area contributed by atoms with Gasteiger partial charge in [-0.25, -0.2) is 0 Å². The van der Waals surface area contributed by atoms with Gasteiger partial charge in [-0.2, -0.15) is 5.26 Å². The number of aromatic nitrogens is 3. The molecule has 0 unspecified atom stereocenters. The highest BCUT2D eigenvalue weighted by molar-refractivity contribution is 8.08. The number of hydrogen-bond acceptors (Lipinski definition) is 6. The van der Waals surface area contributed by atoms with Crippen molar-refractivity contribution in [2.75, 3.05) is 0 Å². The fraction of sp³-hybridized carbons (Fsp3) is 0.389. The van der Waals surface area contributed by atoms with Crippen molar-refractivity contribution < 1.29 is 4.92 Å². The molecule has 0 saturated heterocycles. The molecule has 1 aromatic heterocycles. The number of aryl methyl sites for hydroxylation is 1. The first-order valence-corrected chi connectivity index (χ1v) is 9.35. The molecule has 1 aliphatic carbocycles. The highest BCUT2D eigenvalue weighted by Gasteiger charge is 2.22. The number of nitro benzene ring substituents is 1. The first-order chi connectivity index (χ1) is 12.6. The Hall–Kier alpha value is -2.66. The Balaban J connectivity index is 1.89. The van der Waals surface area contributed by atoms with Gasteiger partial charge >= 0.3 is 0 Å². The van der Waals surface area contributed by atoms with Crippen LogP contribution in [0.1, 0.15) is 49.5 Å². The normalized spacial score (nSPS) is 15.6. The van der Waals surface area contributed by atoms with E-state index in [4.69, 9.17) is 5.26 Å². The molecule has 1 aliphatic rings. The fourth-order valence-corrected chi connectivity index (χ4v) is 4.28. The molecule has 1 aromatic carbocycles. The smallest absolute Gasteiger partial charge is 0.269 e. The van der Waals surface area contributed by atoms with Gasteiger partial charge in [-0.05, 0) is 49.2 Å². The lowest BCUT2D eigenvalue weighted by atomic mass is 9.95. The van der Waals surface area contributed by atoms with E-state index in [0.29, 0.717) is 10.9 Å². The van der Waals surface area contributed by atoms with Crippen LogP contribution in [0.2, 0.25) is 0 Å². The van der Waals surface area contributed by atoms with E-state index in [2.05, 4.69) is 20.8 Å². The van der Waals surface area contributed by atoms with E-state index in [1.807, 2.05) is 6.92 Å². The van der Waals surface area contributed by atoms with Gasteiger partial charge in [-0.15, -0.1) is 10.2 Å². The van der Waals surface area contributed by atoms with Crippen LogP contribution in [0.15, 0.2) is 35.5 Å². The highest BCUT2D eigenvalue weighted by atomic mass is 32.2. The second kappa shape index (κ2) is 8.15. The topological polar surface area (TPSA) is 97.6 Å². The Bertz CT molecular complexity index is 861. The summed E-state index contributed by atoms with van der Waals surface area (Å²) in [6.07, 6.45) is 7.34. The Morgan fingerprint density at radius 2 is 2.00 bits per heavy atom. The molecule has 26 heavy (non-hydrogen) atoms. The summed E-state index contributed by atoms with van der Waals surface area (Å²) in [5, 5.41) is 29.3. The maximum atomic E-state index is 10.8. The number of nitrogens with zero attached hydrogens (tertiary/aromatic N) is 5. The second-order valence-electron chi connectivity index (χ2n) is 6.24. The molecule has 0 amide bonds. The van der Waals surface area contributed by atoms with Gasteiger partial charge in [0.2, 0.25) is 0 Å². The Morgan fingerprint density at radius 1 is 1.31 bits per heavy atom. The van der Waals surface area contributed by atoms with Crippen LogP contribution in [0.25, 0.3) is 4.91 Å².